The van der Waals surface area contributed by atoms with Crippen LogP contribution in [0.25, 0.3) is 0 Å². The molecule has 0 aromatic carbocycles. The summed E-state index contributed by atoms with van der Waals surface area (Å²) in [5.41, 5.74) is 0. The zero-order chi connectivity index (χ0) is 11.6. The molecule has 0 saturated heterocycles. The molecule has 0 nitrogen and oxygen atoms in total. The second-order valence-electron chi connectivity index (χ2n) is 2.29. The van der Waals surface area contributed by atoms with Gasteiger partial charge in [0.05, 0.1) is 0 Å². The Morgan fingerprint density at radius 1 is 0.857 bits per heavy atom. The number of alkyl halides is 7. The van der Waals surface area contributed by atoms with Crippen LogP contribution in [0.5, 0.6) is 0 Å². The standard InChI is InChI=1S/C7H5F7/c1-2-3-4-5(8,9)6(10,11)7(12,13)14/h2-4H,1H2. The molecule has 0 aromatic rings. The summed E-state index contributed by atoms with van der Waals surface area (Å²) in [6, 6.07) is 0. The molecule has 0 N–H and O–H groups in total. The molecule has 0 amide bonds. The third-order valence-electron chi connectivity index (χ3n) is 1.22. The molecule has 0 spiro atoms. The average Bonchev–Trinajstić information content (AvgIpc) is 1.98. The molecule has 0 saturated carbocycles. The van der Waals surface area contributed by atoms with Crippen LogP contribution in [0, 0.1) is 0 Å². The zero-order valence-corrected chi connectivity index (χ0v) is 6.58. The van der Waals surface area contributed by atoms with Gasteiger partial charge in [0.2, 0.25) is 0 Å². The Bertz CT molecular complexity index is 235. The van der Waals surface area contributed by atoms with Gasteiger partial charge in [0, 0.05) is 0 Å². The van der Waals surface area contributed by atoms with Crippen molar-refractivity contribution in [1.82, 2.24) is 0 Å². The molecule has 0 rings (SSSR count). The molecule has 0 bridgehead atoms. The van der Waals surface area contributed by atoms with Gasteiger partial charge in [-0.2, -0.15) is 30.7 Å². The summed E-state index contributed by atoms with van der Waals surface area (Å²) < 4.78 is 83.1. The van der Waals surface area contributed by atoms with Crippen LogP contribution in [0.1, 0.15) is 0 Å². The quantitative estimate of drug-likeness (QED) is 0.505. The fourth-order valence-electron chi connectivity index (χ4n) is 0.483. The average molecular weight is 222 g/mol. The van der Waals surface area contributed by atoms with E-state index in [4.69, 9.17) is 0 Å². The van der Waals surface area contributed by atoms with Crippen molar-refractivity contribution in [3.05, 3.63) is 24.8 Å². The summed E-state index contributed by atoms with van der Waals surface area (Å²) in [4.78, 5) is 0. The maximum atomic E-state index is 12.3. The summed E-state index contributed by atoms with van der Waals surface area (Å²) in [6.07, 6.45) is -5.85. The molecule has 0 aromatic heterocycles. The SMILES string of the molecule is C=CC=CC(F)(F)C(F)(F)C(F)(F)F. The maximum absolute atomic E-state index is 12.3. The Kier molecular flexibility index (Phi) is 3.36. The third-order valence-corrected chi connectivity index (χ3v) is 1.22. The number of rotatable bonds is 3. The number of hydrogen-bond donors (Lipinski definition) is 0. The van der Waals surface area contributed by atoms with Gasteiger partial charge in [-0.3, -0.25) is 0 Å². The van der Waals surface area contributed by atoms with Gasteiger partial charge < -0.3 is 0 Å². The second-order valence-corrected chi connectivity index (χ2v) is 2.29. The van der Waals surface area contributed by atoms with Gasteiger partial charge in [0.25, 0.3) is 0 Å². The molecule has 0 heterocycles. The topological polar surface area (TPSA) is 0 Å². The molecule has 0 aliphatic carbocycles. The molecule has 14 heavy (non-hydrogen) atoms. The van der Waals surface area contributed by atoms with Gasteiger partial charge >= 0.3 is 18.0 Å². The first kappa shape index (κ1) is 13.0. The zero-order valence-electron chi connectivity index (χ0n) is 6.58. The largest absolute Gasteiger partial charge is 0.460 e. The van der Waals surface area contributed by atoms with E-state index in [0.717, 1.165) is 0 Å². The highest BCUT2D eigenvalue weighted by Gasteiger charge is 2.71. The van der Waals surface area contributed by atoms with E-state index in [-0.39, 0.29) is 0 Å². The predicted octanol–water partition coefficient (Wildman–Crippen LogP) is 3.56. The van der Waals surface area contributed by atoms with E-state index in [9.17, 15) is 30.7 Å². The second kappa shape index (κ2) is 3.62. The molecule has 0 atom stereocenters. The monoisotopic (exact) mass is 222 g/mol. The highest BCUT2D eigenvalue weighted by atomic mass is 19.4. The normalized spacial score (nSPS) is 14.8. The van der Waals surface area contributed by atoms with Crippen molar-refractivity contribution in [1.29, 1.82) is 0 Å². The molecule has 0 aliphatic heterocycles. The summed E-state index contributed by atoms with van der Waals surface area (Å²) >= 11 is 0. The van der Waals surface area contributed by atoms with Gasteiger partial charge in [0.1, 0.15) is 0 Å². The minimum absolute atomic E-state index is 0.319. The molecule has 0 unspecified atom stereocenters. The van der Waals surface area contributed by atoms with Crippen LogP contribution >= 0.6 is 0 Å². The first-order valence-electron chi connectivity index (χ1n) is 3.19. The van der Waals surface area contributed by atoms with Crippen molar-refractivity contribution in [2.45, 2.75) is 18.0 Å². The maximum Gasteiger partial charge on any atom is 0.460 e. The van der Waals surface area contributed by atoms with E-state index >= 15 is 0 Å². The lowest BCUT2D eigenvalue weighted by Crippen LogP contribution is -2.50. The summed E-state index contributed by atoms with van der Waals surface area (Å²) in [5, 5.41) is 0. The van der Waals surface area contributed by atoms with E-state index in [1.165, 1.54) is 0 Å². The molecule has 0 radical (unpaired) electrons. The molecule has 82 valence electrons. The minimum atomic E-state index is -6.29. The van der Waals surface area contributed by atoms with Crippen LogP contribution in [-0.2, 0) is 0 Å². The predicted molar refractivity (Wildman–Crippen MR) is 35.3 cm³/mol. The fraction of sp³-hybridized carbons (Fsp3) is 0.429. The Morgan fingerprint density at radius 2 is 1.29 bits per heavy atom. The Morgan fingerprint density at radius 3 is 1.57 bits per heavy atom. The highest BCUT2D eigenvalue weighted by Crippen LogP contribution is 2.46. The summed E-state index contributed by atoms with van der Waals surface area (Å²) in [6.45, 7) is 2.86. The van der Waals surface area contributed by atoms with Gasteiger partial charge in [-0.25, -0.2) is 0 Å². The fourth-order valence-corrected chi connectivity index (χ4v) is 0.483. The van der Waals surface area contributed by atoms with Crippen molar-refractivity contribution in [3.8, 4) is 0 Å². The van der Waals surface area contributed by atoms with Gasteiger partial charge in [-0.1, -0.05) is 18.7 Å². The summed E-state index contributed by atoms with van der Waals surface area (Å²) in [5.74, 6) is -11.4. The number of hydrogen-bond acceptors (Lipinski definition) is 0. The van der Waals surface area contributed by atoms with E-state index < -0.39 is 24.1 Å². The molecule has 7 heteroatoms. The first-order valence-corrected chi connectivity index (χ1v) is 3.19. The molecular formula is C7H5F7. The van der Waals surface area contributed by atoms with E-state index in [0.29, 0.717) is 12.2 Å². The van der Waals surface area contributed by atoms with Crippen molar-refractivity contribution in [2.24, 2.45) is 0 Å². The van der Waals surface area contributed by atoms with Crippen molar-refractivity contribution in [2.75, 3.05) is 0 Å². The third kappa shape index (κ3) is 2.27. The first-order chi connectivity index (χ1) is 6.06. The van der Waals surface area contributed by atoms with Crippen molar-refractivity contribution < 1.29 is 30.7 Å². The van der Waals surface area contributed by atoms with Crippen molar-refractivity contribution >= 4 is 0 Å². The van der Waals surface area contributed by atoms with Crippen LogP contribution in [0.3, 0.4) is 0 Å². The van der Waals surface area contributed by atoms with E-state index in [2.05, 4.69) is 6.58 Å². The van der Waals surface area contributed by atoms with Crippen molar-refractivity contribution in [3.63, 3.8) is 0 Å². The molecule has 0 aliphatic rings. The van der Waals surface area contributed by atoms with Crippen LogP contribution in [0.4, 0.5) is 30.7 Å². The lowest BCUT2D eigenvalue weighted by Gasteiger charge is -2.25. The Hall–Kier alpha value is -1.01. The summed E-state index contributed by atoms with van der Waals surface area (Å²) in [7, 11) is 0. The molecule has 0 fully saturated rings. The van der Waals surface area contributed by atoms with Crippen LogP contribution < -0.4 is 0 Å². The lowest BCUT2D eigenvalue weighted by atomic mass is 10.1. The van der Waals surface area contributed by atoms with Crippen LogP contribution in [0.2, 0.25) is 0 Å². The van der Waals surface area contributed by atoms with Gasteiger partial charge in [-0.15, -0.1) is 0 Å². The van der Waals surface area contributed by atoms with E-state index in [1.807, 2.05) is 0 Å². The number of allylic oxidation sites excluding steroid dienone is 3. The number of halogens is 7. The van der Waals surface area contributed by atoms with E-state index in [1.54, 1.807) is 0 Å². The smallest absolute Gasteiger partial charge is 0.195 e. The Balaban J connectivity index is 5.06. The minimum Gasteiger partial charge on any atom is -0.195 e. The van der Waals surface area contributed by atoms with Crippen LogP contribution in [-0.4, -0.2) is 18.0 Å². The Labute approximate surface area is 74.7 Å². The highest BCUT2D eigenvalue weighted by molar-refractivity contribution is 5.10. The lowest BCUT2D eigenvalue weighted by molar-refractivity contribution is -0.341. The van der Waals surface area contributed by atoms with Crippen LogP contribution in [0.15, 0.2) is 24.8 Å². The van der Waals surface area contributed by atoms with Gasteiger partial charge in [0.15, 0.2) is 0 Å². The van der Waals surface area contributed by atoms with Gasteiger partial charge in [-0.05, 0) is 6.08 Å². The molecular weight excluding hydrogens is 217 g/mol.